The van der Waals surface area contributed by atoms with E-state index in [-0.39, 0.29) is 17.4 Å². The second-order valence-corrected chi connectivity index (χ2v) is 8.71. The zero-order valence-corrected chi connectivity index (χ0v) is 21.4. The molecule has 0 spiro atoms. The molecule has 1 amide bonds. The summed E-state index contributed by atoms with van der Waals surface area (Å²) in [5, 5.41) is 2.89. The number of ether oxygens (including phenoxy) is 1. The zero-order valence-electron chi connectivity index (χ0n) is 21.4. The minimum absolute atomic E-state index is 0.224. The van der Waals surface area contributed by atoms with Crippen LogP contribution in [-0.2, 0) is 11.2 Å². The van der Waals surface area contributed by atoms with E-state index in [1.807, 2.05) is 40.2 Å². The summed E-state index contributed by atoms with van der Waals surface area (Å²) < 4.78 is 5.68. The number of aryl methyl sites for hydroxylation is 1. The van der Waals surface area contributed by atoms with E-state index in [4.69, 9.17) is 4.74 Å². The van der Waals surface area contributed by atoms with Gasteiger partial charge in [0.15, 0.2) is 0 Å². The molecule has 3 rings (SSSR count). The zero-order chi connectivity index (χ0) is 26.2. The van der Waals surface area contributed by atoms with Crippen molar-refractivity contribution >= 4 is 23.1 Å². The van der Waals surface area contributed by atoms with E-state index < -0.39 is 0 Å². The number of aromatic nitrogens is 3. The standard InChI is InChI=1S/C27H32N6O3/c1-7-26(34)31-22-13-19(24(36-6)15-23(22)33(5)11-10-32(3)4)14-25-29-9-8-21(30-25)27(35)20-12-18(2)16-28-17-20/h7-9,12-13,15-17H,1,10-11,14H2,2-6H3,(H,31,34). The summed E-state index contributed by atoms with van der Waals surface area (Å²) in [6.45, 7) is 7.02. The Morgan fingerprint density at radius 1 is 1.14 bits per heavy atom. The molecule has 2 aromatic heterocycles. The minimum Gasteiger partial charge on any atom is -0.496 e. The number of rotatable bonds is 11. The Hall–Kier alpha value is -4.11. The third kappa shape index (κ3) is 6.73. The number of nitrogens with one attached hydrogen (secondary N) is 1. The lowest BCUT2D eigenvalue weighted by molar-refractivity contribution is -0.111. The Kier molecular flexibility index (Phi) is 8.86. The maximum Gasteiger partial charge on any atom is 0.247 e. The molecule has 0 fully saturated rings. The number of methoxy groups -OCH3 is 1. The lowest BCUT2D eigenvalue weighted by atomic mass is 10.1. The van der Waals surface area contributed by atoms with E-state index in [1.165, 1.54) is 12.3 Å². The number of hydrogen-bond donors (Lipinski definition) is 1. The van der Waals surface area contributed by atoms with Gasteiger partial charge in [-0.15, -0.1) is 0 Å². The highest BCUT2D eigenvalue weighted by Gasteiger charge is 2.18. The van der Waals surface area contributed by atoms with Gasteiger partial charge in [0, 0.05) is 62.3 Å². The summed E-state index contributed by atoms with van der Waals surface area (Å²) in [6, 6.07) is 7.10. The lowest BCUT2D eigenvalue weighted by Crippen LogP contribution is -2.29. The molecule has 0 aliphatic heterocycles. The van der Waals surface area contributed by atoms with Gasteiger partial charge in [-0.2, -0.15) is 0 Å². The van der Waals surface area contributed by atoms with Crippen molar-refractivity contribution in [2.24, 2.45) is 0 Å². The number of anilines is 2. The first kappa shape index (κ1) is 26.5. The first-order valence-corrected chi connectivity index (χ1v) is 11.5. The van der Waals surface area contributed by atoms with Crippen LogP contribution in [0.25, 0.3) is 0 Å². The normalized spacial score (nSPS) is 10.7. The highest BCUT2D eigenvalue weighted by molar-refractivity contribution is 6.07. The van der Waals surface area contributed by atoms with E-state index in [9.17, 15) is 9.59 Å². The van der Waals surface area contributed by atoms with E-state index in [1.54, 1.807) is 31.6 Å². The Morgan fingerprint density at radius 3 is 2.58 bits per heavy atom. The molecular formula is C27H32N6O3. The van der Waals surface area contributed by atoms with Crippen molar-refractivity contribution < 1.29 is 14.3 Å². The predicted octanol–water partition coefficient (Wildman–Crippen LogP) is 3.13. The minimum atomic E-state index is -0.316. The molecule has 3 aromatic rings. The molecule has 0 saturated heterocycles. The molecule has 9 heteroatoms. The molecule has 9 nitrogen and oxygen atoms in total. The fourth-order valence-electron chi connectivity index (χ4n) is 3.62. The molecule has 0 unspecified atom stereocenters. The molecule has 36 heavy (non-hydrogen) atoms. The van der Waals surface area contributed by atoms with Gasteiger partial charge in [0.05, 0.1) is 18.5 Å². The van der Waals surface area contributed by atoms with Gasteiger partial charge in [0.2, 0.25) is 11.7 Å². The van der Waals surface area contributed by atoms with Gasteiger partial charge in [-0.1, -0.05) is 6.58 Å². The van der Waals surface area contributed by atoms with Crippen molar-refractivity contribution in [2.45, 2.75) is 13.3 Å². The van der Waals surface area contributed by atoms with Crippen LogP contribution in [0.1, 0.15) is 33.0 Å². The van der Waals surface area contributed by atoms with E-state index in [0.29, 0.717) is 29.2 Å². The van der Waals surface area contributed by atoms with Crippen LogP contribution in [0.2, 0.25) is 0 Å². The summed E-state index contributed by atoms with van der Waals surface area (Å²) in [5.74, 6) is 0.540. The predicted molar refractivity (Wildman–Crippen MR) is 141 cm³/mol. The topological polar surface area (TPSA) is 101 Å². The van der Waals surface area contributed by atoms with Gasteiger partial charge in [-0.25, -0.2) is 9.97 Å². The third-order valence-electron chi connectivity index (χ3n) is 5.56. The highest BCUT2D eigenvalue weighted by Crippen LogP contribution is 2.34. The second kappa shape index (κ2) is 12.0. The molecular weight excluding hydrogens is 456 g/mol. The number of likely N-dealkylation sites (N-methyl/N-ethyl adjacent to an activating group) is 2. The third-order valence-corrected chi connectivity index (χ3v) is 5.56. The summed E-state index contributed by atoms with van der Waals surface area (Å²) in [6.07, 6.45) is 6.31. The summed E-state index contributed by atoms with van der Waals surface area (Å²) >= 11 is 0. The molecule has 0 aliphatic rings. The van der Waals surface area contributed by atoms with Gasteiger partial charge < -0.3 is 19.9 Å². The SMILES string of the molecule is C=CC(=O)Nc1cc(Cc2nccc(C(=O)c3cncc(C)c3)n2)c(OC)cc1N(C)CCN(C)C. The van der Waals surface area contributed by atoms with Crippen LogP contribution in [0.3, 0.4) is 0 Å². The molecule has 188 valence electrons. The van der Waals surface area contributed by atoms with Crippen LogP contribution in [0, 0.1) is 6.92 Å². The molecule has 0 bridgehead atoms. The number of benzene rings is 1. The number of ketones is 1. The molecule has 0 aliphatic carbocycles. The van der Waals surface area contributed by atoms with E-state index in [0.717, 1.165) is 29.9 Å². The fourth-order valence-corrected chi connectivity index (χ4v) is 3.62. The maximum absolute atomic E-state index is 12.9. The maximum atomic E-state index is 12.9. The number of nitrogens with zero attached hydrogens (tertiary/aromatic N) is 5. The lowest BCUT2D eigenvalue weighted by Gasteiger charge is -2.25. The van der Waals surface area contributed by atoms with Crippen molar-refractivity contribution in [3.05, 3.63) is 83.7 Å². The molecule has 1 aromatic carbocycles. The van der Waals surface area contributed by atoms with Crippen LogP contribution >= 0.6 is 0 Å². The van der Waals surface area contributed by atoms with Gasteiger partial charge >= 0.3 is 0 Å². The van der Waals surface area contributed by atoms with Crippen molar-refractivity contribution in [3.8, 4) is 5.75 Å². The van der Waals surface area contributed by atoms with Crippen molar-refractivity contribution in [3.63, 3.8) is 0 Å². The number of amides is 1. The number of pyridine rings is 1. The van der Waals surface area contributed by atoms with Crippen LogP contribution in [0.4, 0.5) is 11.4 Å². The number of hydrogen-bond acceptors (Lipinski definition) is 8. The summed E-state index contributed by atoms with van der Waals surface area (Å²) in [7, 11) is 7.56. The number of carbonyl (C=O) groups excluding carboxylic acids is 2. The largest absolute Gasteiger partial charge is 0.496 e. The average Bonchev–Trinajstić information content (AvgIpc) is 2.87. The van der Waals surface area contributed by atoms with E-state index in [2.05, 4.69) is 36.6 Å². The number of carbonyl (C=O) groups is 2. The van der Waals surface area contributed by atoms with Crippen molar-refractivity contribution in [1.82, 2.24) is 19.9 Å². The second-order valence-electron chi connectivity index (χ2n) is 8.71. The molecule has 1 N–H and O–H groups in total. The highest BCUT2D eigenvalue weighted by atomic mass is 16.5. The van der Waals surface area contributed by atoms with E-state index >= 15 is 0 Å². The Balaban J connectivity index is 1.95. The monoisotopic (exact) mass is 488 g/mol. The quantitative estimate of drug-likeness (QED) is 0.325. The molecule has 0 radical (unpaired) electrons. The van der Waals surface area contributed by atoms with Crippen molar-refractivity contribution in [1.29, 1.82) is 0 Å². The summed E-state index contributed by atoms with van der Waals surface area (Å²) in [5.41, 5.74) is 3.84. The smallest absolute Gasteiger partial charge is 0.247 e. The molecule has 0 saturated carbocycles. The molecule has 2 heterocycles. The van der Waals surface area contributed by atoms with Crippen LogP contribution in [0.15, 0.2) is 55.5 Å². The fraction of sp³-hybridized carbons (Fsp3) is 0.296. The molecule has 0 atom stereocenters. The van der Waals surface area contributed by atoms with Crippen molar-refractivity contribution in [2.75, 3.05) is 51.6 Å². The van der Waals surface area contributed by atoms with Gasteiger partial charge in [0.25, 0.3) is 0 Å². The van der Waals surface area contributed by atoms with Gasteiger partial charge in [0.1, 0.15) is 17.3 Å². The van der Waals surface area contributed by atoms with Crippen LogP contribution < -0.4 is 15.0 Å². The van der Waals surface area contributed by atoms with Gasteiger partial charge in [-0.3, -0.25) is 14.6 Å². The Morgan fingerprint density at radius 2 is 1.92 bits per heavy atom. The summed E-state index contributed by atoms with van der Waals surface area (Å²) in [4.78, 5) is 42.2. The Bertz CT molecular complexity index is 1260. The first-order chi connectivity index (χ1) is 17.2. The van der Waals surface area contributed by atoms with Gasteiger partial charge in [-0.05, 0) is 50.9 Å². The average molecular weight is 489 g/mol. The van der Waals surface area contributed by atoms with Crippen LogP contribution in [0.5, 0.6) is 5.75 Å². The Labute approximate surface area is 211 Å². The first-order valence-electron chi connectivity index (χ1n) is 11.5. The van der Waals surface area contributed by atoms with Crippen LogP contribution in [-0.4, -0.2) is 72.9 Å².